The average molecular weight is 284 g/mol. The highest BCUT2D eigenvalue weighted by molar-refractivity contribution is 5.86. The van der Waals surface area contributed by atoms with E-state index in [-0.39, 0.29) is 10.8 Å². The Labute approximate surface area is 129 Å². The minimum absolute atomic E-state index is 0.165. The van der Waals surface area contributed by atoms with E-state index in [0.717, 1.165) is 25.7 Å². The number of benzene rings is 1. The second kappa shape index (κ2) is 4.69. The molecule has 2 atom stereocenters. The van der Waals surface area contributed by atoms with Crippen LogP contribution in [-0.2, 0) is 23.1 Å². The average Bonchev–Trinajstić information content (AvgIpc) is 2.43. The summed E-state index contributed by atoms with van der Waals surface area (Å²) in [5, 5.41) is 0. The molecule has 1 aromatic carbocycles. The second-order valence-electron chi connectivity index (χ2n) is 7.89. The molecular weight excluding hydrogens is 256 g/mol. The molecule has 1 heteroatoms. The van der Waals surface area contributed by atoms with Crippen molar-refractivity contribution in [2.75, 3.05) is 0 Å². The molecule has 0 heterocycles. The number of hydrogen-bond acceptors (Lipinski definition) is 1. The highest BCUT2D eigenvalue weighted by atomic mass is 16.1. The highest BCUT2D eigenvalue weighted by Crippen LogP contribution is 2.56. The van der Waals surface area contributed by atoms with Gasteiger partial charge in [-0.25, -0.2) is 0 Å². The third-order valence-electron chi connectivity index (χ3n) is 6.55. The molecule has 0 aromatic heterocycles. The SMILES string of the molecule is CCc1c(C)ccc2c1CCC1C(C)(C)C(=O)CCC21C. The van der Waals surface area contributed by atoms with Crippen molar-refractivity contribution < 1.29 is 4.79 Å². The highest BCUT2D eigenvalue weighted by Gasteiger charge is 2.53. The molecule has 3 rings (SSSR count). The van der Waals surface area contributed by atoms with E-state index >= 15 is 0 Å². The maximum atomic E-state index is 12.4. The van der Waals surface area contributed by atoms with Gasteiger partial charge in [0.2, 0.25) is 0 Å². The van der Waals surface area contributed by atoms with Gasteiger partial charge in [-0.05, 0) is 66.2 Å². The summed E-state index contributed by atoms with van der Waals surface area (Å²) in [7, 11) is 0. The Bertz CT molecular complexity index is 596. The lowest BCUT2D eigenvalue weighted by Gasteiger charge is -2.53. The van der Waals surface area contributed by atoms with E-state index in [1.165, 1.54) is 12.0 Å². The summed E-state index contributed by atoms with van der Waals surface area (Å²) < 4.78 is 0. The van der Waals surface area contributed by atoms with Crippen LogP contribution in [0.2, 0.25) is 0 Å². The van der Waals surface area contributed by atoms with Gasteiger partial charge in [0.25, 0.3) is 0 Å². The molecule has 2 unspecified atom stereocenters. The predicted octanol–water partition coefficient (Wildman–Crippen LogP) is 4.77. The third kappa shape index (κ3) is 1.93. The normalized spacial score (nSPS) is 30.7. The number of carbonyl (C=O) groups excluding carboxylic acids is 1. The van der Waals surface area contributed by atoms with Gasteiger partial charge in [-0.15, -0.1) is 0 Å². The molecule has 0 radical (unpaired) electrons. The van der Waals surface area contributed by atoms with Crippen LogP contribution in [0.4, 0.5) is 0 Å². The van der Waals surface area contributed by atoms with Gasteiger partial charge in [0.1, 0.15) is 5.78 Å². The van der Waals surface area contributed by atoms with Gasteiger partial charge in [0, 0.05) is 11.8 Å². The number of ketones is 1. The summed E-state index contributed by atoms with van der Waals surface area (Å²) in [5.41, 5.74) is 6.15. The zero-order valence-corrected chi connectivity index (χ0v) is 14.2. The molecule has 21 heavy (non-hydrogen) atoms. The molecule has 1 nitrogen and oxygen atoms in total. The Morgan fingerprint density at radius 1 is 1.19 bits per heavy atom. The zero-order chi connectivity index (χ0) is 15.4. The van der Waals surface area contributed by atoms with E-state index in [1.54, 1.807) is 16.7 Å². The van der Waals surface area contributed by atoms with Crippen LogP contribution >= 0.6 is 0 Å². The zero-order valence-electron chi connectivity index (χ0n) is 14.2. The van der Waals surface area contributed by atoms with Crippen molar-refractivity contribution in [1.29, 1.82) is 0 Å². The molecule has 0 aliphatic heterocycles. The number of hydrogen-bond donors (Lipinski definition) is 0. The lowest BCUT2D eigenvalue weighted by Crippen LogP contribution is -2.52. The van der Waals surface area contributed by atoms with Gasteiger partial charge < -0.3 is 0 Å². The molecule has 1 saturated carbocycles. The van der Waals surface area contributed by atoms with Gasteiger partial charge in [-0.3, -0.25) is 4.79 Å². The van der Waals surface area contributed by atoms with Crippen molar-refractivity contribution in [1.82, 2.24) is 0 Å². The van der Waals surface area contributed by atoms with Crippen LogP contribution in [-0.4, -0.2) is 5.78 Å². The van der Waals surface area contributed by atoms with Crippen molar-refractivity contribution in [2.24, 2.45) is 11.3 Å². The van der Waals surface area contributed by atoms with E-state index in [0.29, 0.717) is 11.7 Å². The molecule has 1 aromatic rings. The van der Waals surface area contributed by atoms with Crippen molar-refractivity contribution in [2.45, 2.75) is 72.1 Å². The Morgan fingerprint density at radius 2 is 1.90 bits per heavy atom. The molecular formula is C20H28O. The van der Waals surface area contributed by atoms with Crippen molar-refractivity contribution in [3.8, 4) is 0 Å². The van der Waals surface area contributed by atoms with Gasteiger partial charge >= 0.3 is 0 Å². The first-order chi connectivity index (χ1) is 9.82. The molecule has 0 amide bonds. The standard InChI is InChI=1S/C20H28O/c1-6-14-13(2)7-9-16-15(14)8-10-17-19(3,4)18(21)11-12-20(16,17)5/h7,9,17H,6,8,10-12H2,1-5H3. The summed E-state index contributed by atoms with van der Waals surface area (Å²) in [5.74, 6) is 0.961. The quantitative estimate of drug-likeness (QED) is 0.726. The van der Waals surface area contributed by atoms with Gasteiger partial charge in [0.05, 0.1) is 0 Å². The van der Waals surface area contributed by atoms with E-state index in [4.69, 9.17) is 0 Å². The fourth-order valence-corrected chi connectivity index (χ4v) is 5.27. The van der Waals surface area contributed by atoms with Crippen LogP contribution in [0.25, 0.3) is 0 Å². The van der Waals surface area contributed by atoms with Crippen LogP contribution in [0.3, 0.4) is 0 Å². The summed E-state index contributed by atoms with van der Waals surface area (Å²) in [6.07, 6.45) is 5.21. The first-order valence-corrected chi connectivity index (χ1v) is 8.47. The lowest BCUT2D eigenvalue weighted by atomic mass is 9.49. The lowest BCUT2D eigenvalue weighted by molar-refractivity contribution is -0.137. The van der Waals surface area contributed by atoms with Crippen LogP contribution in [0, 0.1) is 18.3 Å². The van der Waals surface area contributed by atoms with Crippen LogP contribution in [0.1, 0.15) is 69.2 Å². The summed E-state index contributed by atoms with van der Waals surface area (Å²) in [6.45, 7) is 11.3. The van der Waals surface area contributed by atoms with E-state index < -0.39 is 0 Å². The largest absolute Gasteiger partial charge is 0.299 e. The van der Waals surface area contributed by atoms with Crippen molar-refractivity contribution in [3.05, 3.63) is 34.4 Å². The fourth-order valence-electron chi connectivity index (χ4n) is 5.27. The van der Waals surface area contributed by atoms with Crippen molar-refractivity contribution >= 4 is 5.78 Å². The number of aryl methyl sites for hydroxylation is 1. The Balaban J connectivity index is 2.17. The molecule has 0 bridgehead atoms. The van der Waals surface area contributed by atoms with Gasteiger partial charge in [0.15, 0.2) is 0 Å². The summed E-state index contributed by atoms with van der Waals surface area (Å²) in [6, 6.07) is 4.66. The van der Waals surface area contributed by atoms with E-state index in [1.807, 2.05) is 0 Å². The van der Waals surface area contributed by atoms with Gasteiger partial charge in [-0.2, -0.15) is 0 Å². The van der Waals surface area contributed by atoms with Gasteiger partial charge in [-0.1, -0.05) is 39.8 Å². The number of Topliss-reactive ketones (excluding diaryl/α,β-unsaturated/α-hetero) is 1. The molecule has 0 N–H and O–H groups in total. The first-order valence-electron chi connectivity index (χ1n) is 8.47. The predicted molar refractivity (Wildman–Crippen MR) is 87.7 cm³/mol. The molecule has 0 saturated heterocycles. The number of carbonyl (C=O) groups is 1. The fraction of sp³-hybridized carbons (Fsp3) is 0.650. The summed E-state index contributed by atoms with van der Waals surface area (Å²) >= 11 is 0. The Kier molecular flexibility index (Phi) is 3.31. The molecule has 114 valence electrons. The maximum Gasteiger partial charge on any atom is 0.138 e. The Morgan fingerprint density at radius 3 is 2.57 bits per heavy atom. The Hall–Kier alpha value is -1.11. The van der Waals surface area contributed by atoms with Crippen LogP contribution < -0.4 is 0 Å². The minimum atomic E-state index is -0.165. The van der Waals surface area contributed by atoms with Crippen LogP contribution in [0.15, 0.2) is 12.1 Å². The monoisotopic (exact) mass is 284 g/mol. The first kappa shape index (κ1) is 14.8. The van der Waals surface area contributed by atoms with Crippen molar-refractivity contribution in [3.63, 3.8) is 0 Å². The molecule has 2 aliphatic carbocycles. The second-order valence-corrected chi connectivity index (χ2v) is 7.89. The number of fused-ring (bicyclic) bond motifs is 3. The molecule has 2 aliphatic rings. The molecule has 1 fully saturated rings. The minimum Gasteiger partial charge on any atom is -0.299 e. The topological polar surface area (TPSA) is 17.1 Å². The smallest absolute Gasteiger partial charge is 0.138 e. The van der Waals surface area contributed by atoms with E-state index in [2.05, 4.69) is 46.8 Å². The third-order valence-corrected chi connectivity index (χ3v) is 6.55. The van der Waals surface area contributed by atoms with E-state index in [9.17, 15) is 4.79 Å². The van der Waals surface area contributed by atoms with Crippen LogP contribution in [0.5, 0.6) is 0 Å². The molecule has 0 spiro atoms. The maximum absolute atomic E-state index is 12.4. The number of rotatable bonds is 1. The summed E-state index contributed by atoms with van der Waals surface area (Å²) in [4.78, 5) is 12.4.